The molecule has 1 aliphatic rings. The maximum absolute atomic E-state index is 12.0. The summed E-state index contributed by atoms with van der Waals surface area (Å²) in [7, 11) is 0. The van der Waals surface area contributed by atoms with Crippen LogP contribution >= 0.6 is 0 Å². The zero-order chi connectivity index (χ0) is 16.1. The van der Waals surface area contributed by atoms with E-state index in [-0.39, 0.29) is 23.9 Å². The van der Waals surface area contributed by atoms with E-state index >= 15 is 0 Å². The molecule has 23 heavy (non-hydrogen) atoms. The number of rotatable bonds is 6. The quantitative estimate of drug-likeness (QED) is 0.855. The predicted molar refractivity (Wildman–Crippen MR) is 88.8 cm³/mol. The summed E-state index contributed by atoms with van der Waals surface area (Å²) in [4.78, 5) is 23.9. The summed E-state index contributed by atoms with van der Waals surface area (Å²) in [6.45, 7) is 0. The highest BCUT2D eigenvalue weighted by molar-refractivity contribution is 5.81. The van der Waals surface area contributed by atoms with E-state index in [0.29, 0.717) is 12.8 Å². The van der Waals surface area contributed by atoms with Crippen molar-refractivity contribution in [1.29, 1.82) is 0 Å². The molecular weight excluding hydrogens is 288 g/mol. The zero-order valence-corrected chi connectivity index (χ0v) is 12.9. The van der Waals surface area contributed by atoms with Crippen molar-refractivity contribution in [1.82, 2.24) is 10.6 Å². The van der Waals surface area contributed by atoms with Gasteiger partial charge in [0, 0.05) is 0 Å². The van der Waals surface area contributed by atoms with E-state index in [0.717, 1.165) is 17.5 Å². The second-order valence-electron chi connectivity index (χ2n) is 5.91. The van der Waals surface area contributed by atoms with Crippen LogP contribution in [-0.2, 0) is 22.4 Å². The Morgan fingerprint density at radius 2 is 1.13 bits per heavy atom. The van der Waals surface area contributed by atoms with Crippen molar-refractivity contribution >= 4 is 11.8 Å². The lowest BCUT2D eigenvalue weighted by Gasteiger charge is -2.07. The molecule has 0 radical (unpaired) electrons. The van der Waals surface area contributed by atoms with E-state index < -0.39 is 0 Å². The van der Waals surface area contributed by atoms with Crippen molar-refractivity contribution in [2.24, 2.45) is 0 Å². The Balaban J connectivity index is 1.39. The number of benzene rings is 2. The number of hydrogen-bond acceptors (Lipinski definition) is 2. The molecule has 1 fully saturated rings. The lowest BCUT2D eigenvalue weighted by Crippen LogP contribution is -2.35. The normalized spacial score (nSPS) is 19.0. The van der Waals surface area contributed by atoms with Gasteiger partial charge in [0.25, 0.3) is 0 Å². The van der Waals surface area contributed by atoms with Crippen molar-refractivity contribution in [2.45, 2.75) is 31.3 Å². The topological polar surface area (TPSA) is 58.2 Å². The third kappa shape index (κ3) is 4.68. The summed E-state index contributed by atoms with van der Waals surface area (Å²) in [6.07, 6.45) is 1.56. The predicted octanol–water partition coefficient (Wildman–Crippen LogP) is 1.85. The molecule has 2 atom stereocenters. The molecular formula is C19H20N2O2. The Morgan fingerprint density at radius 3 is 1.52 bits per heavy atom. The van der Waals surface area contributed by atoms with Gasteiger partial charge in [-0.2, -0.15) is 0 Å². The SMILES string of the molecule is O=C(Cc1ccccc1)N[C@H]1C[C@@H]1NC(=O)Cc1ccccc1. The van der Waals surface area contributed by atoms with Gasteiger partial charge in [-0.1, -0.05) is 60.7 Å². The number of carbonyl (C=O) groups excluding carboxylic acids is 2. The molecule has 0 heterocycles. The molecule has 3 rings (SSSR count). The average molecular weight is 308 g/mol. The molecule has 0 saturated heterocycles. The molecule has 2 N–H and O–H groups in total. The molecule has 4 nitrogen and oxygen atoms in total. The van der Waals surface area contributed by atoms with Crippen LogP contribution in [0.25, 0.3) is 0 Å². The highest BCUT2D eigenvalue weighted by atomic mass is 16.2. The van der Waals surface area contributed by atoms with E-state index in [4.69, 9.17) is 0 Å². The van der Waals surface area contributed by atoms with Crippen molar-refractivity contribution in [3.05, 3.63) is 71.8 Å². The summed E-state index contributed by atoms with van der Waals surface area (Å²) in [5.74, 6) is 0.00187. The van der Waals surface area contributed by atoms with Gasteiger partial charge in [0.05, 0.1) is 24.9 Å². The number of carbonyl (C=O) groups is 2. The summed E-state index contributed by atoms with van der Waals surface area (Å²) >= 11 is 0. The molecule has 2 aromatic carbocycles. The van der Waals surface area contributed by atoms with Crippen LogP contribution in [0.2, 0.25) is 0 Å². The average Bonchev–Trinajstić information content (AvgIpc) is 3.26. The molecule has 1 saturated carbocycles. The molecule has 4 heteroatoms. The van der Waals surface area contributed by atoms with Crippen LogP contribution in [0.4, 0.5) is 0 Å². The summed E-state index contributed by atoms with van der Waals surface area (Å²) < 4.78 is 0. The van der Waals surface area contributed by atoms with E-state index in [1.165, 1.54) is 0 Å². The maximum atomic E-state index is 12.0. The van der Waals surface area contributed by atoms with Gasteiger partial charge >= 0.3 is 0 Å². The first-order valence-corrected chi connectivity index (χ1v) is 7.87. The Kier molecular flexibility index (Phi) is 4.71. The van der Waals surface area contributed by atoms with Crippen molar-refractivity contribution in [3.63, 3.8) is 0 Å². The molecule has 0 aromatic heterocycles. The van der Waals surface area contributed by atoms with Crippen LogP contribution in [-0.4, -0.2) is 23.9 Å². The van der Waals surface area contributed by atoms with Gasteiger partial charge in [-0.3, -0.25) is 9.59 Å². The smallest absolute Gasteiger partial charge is 0.224 e. The van der Waals surface area contributed by atoms with Gasteiger partial charge in [-0.05, 0) is 17.5 Å². The van der Waals surface area contributed by atoms with Crippen molar-refractivity contribution in [2.75, 3.05) is 0 Å². The molecule has 0 unspecified atom stereocenters. The van der Waals surface area contributed by atoms with E-state index in [9.17, 15) is 9.59 Å². The van der Waals surface area contributed by atoms with Gasteiger partial charge in [0.15, 0.2) is 0 Å². The van der Waals surface area contributed by atoms with Crippen LogP contribution in [0.5, 0.6) is 0 Å². The fourth-order valence-electron chi connectivity index (χ4n) is 2.59. The maximum Gasteiger partial charge on any atom is 0.224 e. The highest BCUT2D eigenvalue weighted by Gasteiger charge is 2.39. The molecule has 0 aliphatic heterocycles. The van der Waals surface area contributed by atoms with E-state index in [2.05, 4.69) is 10.6 Å². The minimum absolute atomic E-state index is 0.000934. The first-order valence-electron chi connectivity index (χ1n) is 7.87. The fraction of sp³-hybridized carbons (Fsp3) is 0.263. The Bertz CT molecular complexity index is 611. The number of hydrogen-bond donors (Lipinski definition) is 2. The minimum Gasteiger partial charge on any atom is -0.351 e. The van der Waals surface area contributed by atoms with Gasteiger partial charge in [0.1, 0.15) is 0 Å². The van der Waals surface area contributed by atoms with Crippen molar-refractivity contribution in [3.8, 4) is 0 Å². The summed E-state index contributed by atoms with van der Waals surface area (Å²) in [6, 6.07) is 19.4. The van der Waals surface area contributed by atoms with Gasteiger partial charge < -0.3 is 10.6 Å². The fourth-order valence-corrected chi connectivity index (χ4v) is 2.59. The second kappa shape index (κ2) is 7.09. The Labute approximate surface area is 135 Å². The van der Waals surface area contributed by atoms with Crippen LogP contribution < -0.4 is 10.6 Å². The first-order chi connectivity index (χ1) is 11.2. The summed E-state index contributed by atoms with van der Waals surface area (Å²) in [5.41, 5.74) is 1.99. The zero-order valence-electron chi connectivity index (χ0n) is 12.9. The molecule has 118 valence electrons. The van der Waals surface area contributed by atoms with Gasteiger partial charge in [-0.25, -0.2) is 0 Å². The second-order valence-corrected chi connectivity index (χ2v) is 5.91. The van der Waals surface area contributed by atoms with Crippen LogP contribution in [0, 0.1) is 0 Å². The van der Waals surface area contributed by atoms with E-state index in [1.807, 2.05) is 60.7 Å². The number of nitrogens with one attached hydrogen (secondary N) is 2. The molecule has 1 aliphatic carbocycles. The first kappa shape index (κ1) is 15.3. The monoisotopic (exact) mass is 308 g/mol. The molecule has 0 spiro atoms. The Hall–Kier alpha value is -2.62. The van der Waals surface area contributed by atoms with E-state index in [1.54, 1.807) is 0 Å². The standard InChI is InChI=1S/C19H20N2O2/c22-18(11-14-7-3-1-4-8-14)20-16-13-17(16)21-19(23)12-15-9-5-2-6-10-15/h1-10,16-17H,11-13H2,(H,20,22)(H,21,23)/t16-,17-/m0/s1. The molecule has 0 bridgehead atoms. The minimum atomic E-state index is 0.000934. The number of amides is 2. The lowest BCUT2D eigenvalue weighted by molar-refractivity contribution is -0.122. The largest absolute Gasteiger partial charge is 0.351 e. The van der Waals surface area contributed by atoms with Gasteiger partial charge in [0.2, 0.25) is 11.8 Å². The molecule has 2 aromatic rings. The van der Waals surface area contributed by atoms with Gasteiger partial charge in [-0.15, -0.1) is 0 Å². The van der Waals surface area contributed by atoms with Crippen LogP contribution in [0.3, 0.4) is 0 Å². The lowest BCUT2D eigenvalue weighted by atomic mass is 10.1. The highest BCUT2D eigenvalue weighted by Crippen LogP contribution is 2.21. The Morgan fingerprint density at radius 1 is 0.739 bits per heavy atom. The third-order valence-corrected chi connectivity index (χ3v) is 3.90. The van der Waals surface area contributed by atoms with Crippen LogP contribution in [0.1, 0.15) is 17.5 Å². The third-order valence-electron chi connectivity index (χ3n) is 3.90. The van der Waals surface area contributed by atoms with Crippen LogP contribution in [0.15, 0.2) is 60.7 Å². The summed E-state index contributed by atoms with van der Waals surface area (Å²) in [5, 5.41) is 5.94. The molecule has 2 amide bonds. The van der Waals surface area contributed by atoms with Crippen molar-refractivity contribution < 1.29 is 9.59 Å².